The lowest BCUT2D eigenvalue weighted by atomic mass is 9.12. The third-order valence-corrected chi connectivity index (χ3v) is 8.88. The fourth-order valence-corrected chi connectivity index (χ4v) is 6.39. The third-order valence-electron chi connectivity index (χ3n) is 8.65. The first-order valence-corrected chi connectivity index (χ1v) is 15.7. The molecule has 24 heteroatoms. The molecule has 0 unspecified atom stereocenters. The van der Waals surface area contributed by atoms with Crippen molar-refractivity contribution in [3.63, 3.8) is 0 Å². The van der Waals surface area contributed by atoms with E-state index in [4.69, 9.17) is 11.6 Å². The van der Waals surface area contributed by atoms with Gasteiger partial charge in [0.05, 0.1) is 12.4 Å². The van der Waals surface area contributed by atoms with E-state index in [1.165, 1.54) is 5.56 Å². The Balaban J connectivity index is 0.000000395. The van der Waals surface area contributed by atoms with Crippen LogP contribution in [-0.2, 0) is 6.54 Å². The number of halogens is 21. The minimum atomic E-state index is -7.22. The number of hydrogen-bond acceptors (Lipinski definition) is 1. The van der Waals surface area contributed by atoms with Gasteiger partial charge in [0.25, 0.3) is 0 Å². The molecule has 310 valence electrons. The van der Waals surface area contributed by atoms with Gasteiger partial charge < -0.3 is 0 Å². The number of benzene rings is 5. The minimum absolute atomic E-state index is 0.775. The maximum Gasteiger partial charge on any atom is 0.200 e. The van der Waals surface area contributed by atoms with Gasteiger partial charge in [0, 0.05) is 10.6 Å². The van der Waals surface area contributed by atoms with Gasteiger partial charge in [0.2, 0.25) is 0 Å². The monoisotopic (exact) mass is 884 g/mol. The van der Waals surface area contributed by atoms with Crippen molar-refractivity contribution in [3.8, 4) is 0 Å². The van der Waals surface area contributed by atoms with Crippen LogP contribution in [0.25, 0.3) is 0 Å². The Kier molecular flexibility index (Phi) is 12.3. The van der Waals surface area contributed by atoms with Crippen LogP contribution in [0.4, 0.5) is 87.8 Å². The van der Waals surface area contributed by atoms with E-state index in [1.807, 2.05) is 30.6 Å². The lowest BCUT2D eigenvalue weighted by Crippen LogP contribution is -2.81. The van der Waals surface area contributed by atoms with Gasteiger partial charge >= 0.3 is 0 Å². The molecule has 0 N–H and O–H groups in total. The molecule has 0 radical (unpaired) electrons. The van der Waals surface area contributed by atoms with Gasteiger partial charge in [-0.1, -0.05) is 23.7 Å². The molecule has 5 aromatic carbocycles. The highest BCUT2D eigenvalue weighted by Crippen LogP contribution is 2.30. The van der Waals surface area contributed by atoms with Crippen LogP contribution in [0.1, 0.15) is 5.56 Å². The smallest absolute Gasteiger partial charge is 0.200 e. The quantitative estimate of drug-likeness (QED) is 0.0547. The van der Waals surface area contributed by atoms with E-state index >= 15 is 35.1 Å². The molecule has 0 bridgehead atoms. The molecule has 6 aromatic rings. The highest BCUT2D eigenvalue weighted by atomic mass is 35.5. The van der Waals surface area contributed by atoms with Crippen LogP contribution in [0.2, 0.25) is 5.02 Å². The Bertz CT molecular complexity index is 2280. The third kappa shape index (κ3) is 7.07. The highest BCUT2D eigenvalue weighted by Gasteiger charge is 2.52. The summed E-state index contributed by atoms with van der Waals surface area (Å²) in [5.74, 6) is -71.4. The van der Waals surface area contributed by atoms with Crippen LogP contribution in [0.5, 0.6) is 0 Å². The minimum Gasteiger partial charge on any atom is -0.252 e. The summed E-state index contributed by atoms with van der Waals surface area (Å²) in [5, 5.41) is 0.775. The first kappa shape index (κ1) is 44.2. The van der Waals surface area contributed by atoms with E-state index in [1.54, 1.807) is 12.4 Å². The number of hydrogen-bond donors (Lipinski definition) is 0. The summed E-state index contributed by atoms with van der Waals surface area (Å²) in [7, 11) is 0. The lowest BCUT2D eigenvalue weighted by molar-refractivity contribution is -0.688. The molecule has 0 fully saturated rings. The fourth-order valence-electron chi connectivity index (χ4n) is 6.17. The maximum atomic E-state index is 15.4. The predicted molar refractivity (Wildman–Crippen MR) is 164 cm³/mol. The molecular formula is C35H10BClF20N2. The van der Waals surface area contributed by atoms with E-state index in [9.17, 15) is 52.7 Å². The predicted octanol–water partition coefficient (Wildman–Crippen LogP) is 7.92. The maximum absolute atomic E-state index is 15.4. The summed E-state index contributed by atoms with van der Waals surface area (Å²) in [5.41, 5.74) is -13.1. The standard InChI is InChI=1S/C24BF20.C11H10ClN2/c26-5-1(6(27)14(35)21(42)13(5)34)25(2-7(28)15(36)22(43)16(37)8(2)29,3-9(30)17(38)23(44)18(39)10(3)31)4-11(32)19(40)24(45)20(41)12(4)33;12-11-3-1-2-10(8-11)9-14-6-4-13-5-7-14/h;1-8H,9H2/q-1;+1. The Morgan fingerprint density at radius 3 is 0.898 bits per heavy atom. The van der Waals surface area contributed by atoms with Crippen LogP contribution in [0.15, 0.2) is 49.1 Å². The van der Waals surface area contributed by atoms with Gasteiger partial charge in [-0.05, 0) is 12.1 Å². The van der Waals surface area contributed by atoms with Crippen molar-refractivity contribution in [2.24, 2.45) is 0 Å². The van der Waals surface area contributed by atoms with Crippen LogP contribution in [0.3, 0.4) is 0 Å². The molecule has 1 aromatic heterocycles. The van der Waals surface area contributed by atoms with Crippen LogP contribution in [-0.4, -0.2) is 11.1 Å². The van der Waals surface area contributed by atoms with Gasteiger partial charge in [-0.15, -0.1) is 21.9 Å². The molecule has 0 atom stereocenters. The number of rotatable bonds is 6. The zero-order valence-corrected chi connectivity index (χ0v) is 28.5. The summed E-state index contributed by atoms with van der Waals surface area (Å²) >= 11 is 5.89. The molecule has 0 spiro atoms. The molecule has 0 saturated carbocycles. The Morgan fingerprint density at radius 2 is 0.644 bits per heavy atom. The number of aromatic nitrogens is 2. The molecule has 0 saturated heterocycles. The SMILES string of the molecule is Clc1cccc(C[n+]2ccncc2)c1.Fc1c(F)c(F)c([B-](c2c(F)c(F)c(F)c(F)c2F)(c2c(F)c(F)c(F)c(F)c2F)c2c(F)c(F)c(F)c(F)c2F)c(F)c1F. The first-order chi connectivity index (χ1) is 27.5. The second-order valence-electron chi connectivity index (χ2n) is 11.8. The van der Waals surface area contributed by atoms with Crippen LogP contribution >= 0.6 is 11.6 Å². The molecule has 0 aliphatic heterocycles. The van der Waals surface area contributed by atoms with Gasteiger partial charge in [0.1, 0.15) is 52.7 Å². The molecular weight excluding hydrogens is 875 g/mol. The first-order valence-electron chi connectivity index (χ1n) is 15.3. The van der Waals surface area contributed by atoms with Crippen molar-refractivity contribution in [1.29, 1.82) is 0 Å². The molecule has 0 aliphatic carbocycles. The van der Waals surface area contributed by atoms with E-state index in [-0.39, 0.29) is 0 Å². The van der Waals surface area contributed by atoms with Crippen molar-refractivity contribution >= 4 is 39.6 Å². The highest BCUT2D eigenvalue weighted by molar-refractivity contribution is 7.20. The van der Waals surface area contributed by atoms with Crippen molar-refractivity contribution in [3.05, 3.63) is 176 Å². The van der Waals surface area contributed by atoms with Crippen molar-refractivity contribution in [2.45, 2.75) is 6.54 Å². The second-order valence-corrected chi connectivity index (χ2v) is 12.3. The van der Waals surface area contributed by atoms with Crippen molar-refractivity contribution in [1.82, 2.24) is 4.98 Å². The van der Waals surface area contributed by atoms with E-state index in [0.717, 1.165) is 11.6 Å². The van der Waals surface area contributed by atoms with E-state index in [2.05, 4.69) is 15.6 Å². The average molecular weight is 885 g/mol. The topological polar surface area (TPSA) is 16.8 Å². The van der Waals surface area contributed by atoms with E-state index in [0.29, 0.717) is 0 Å². The summed E-state index contributed by atoms with van der Waals surface area (Å²) in [4.78, 5) is 3.96. The Hall–Kier alpha value is -5.87. The average Bonchev–Trinajstić information content (AvgIpc) is 3.21. The van der Waals surface area contributed by atoms with Gasteiger partial charge in [-0.25, -0.2) is 87.8 Å². The van der Waals surface area contributed by atoms with Crippen molar-refractivity contribution < 1.29 is 92.4 Å². The molecule has 1 heterocycles. The van der Waals surface area contributed by atoms with Crippen molar-refractivity contribution in [2.75, 3.05) is 0 Å². The summed E-state index contributed by atoms with van der Waals surface area (Å²) in [6, 6.07) is 7.86. The Morgan fingerprint density at radius 1 is 0.390 bits per heavy atom. The molecule has 0 amide bonds. The fraction of sp³-hybridized carbons (Fsp3) is 0.0286. The lowest BCUT2D eigenvalue weighted by Gasteiger charge is -2.44. The molecule has 2 nitrogen and oxygen atoms in total. The van der Waals surface area contributed by atoms with Crippen LogP contribution in [0, 0.1) is 116 Å². The second kappa shape index (κ2) is 16.4. The normalized spacial score (nSPS) is 11.5. The van der Waals surface area contributed by atoms with Gasteiger partial charge in [-0.2, -0.15) is 4.57 Å². The van der Waals surface area contributed by atoms with Gasteiger partial charge in [-0.3, -0.25) is 4.98 Å². The summed E-state index contributed by atoms with van der Waals surface area (Å²) in [6.45, 7) is 0.822. The van der Waals surface area contributed by atoms with E-state index < -0.39 is 144 Å². The molecule has 6 rings (SSSR count). The summed E-state index contributed by atoms with van der Waals surface area (Å²) < 4.78 is 296. The zero-order chi connectivity index (χ0) is 44.2. The zero-order valence-electron chi connectivity index (χ0n) is 27.7. The van der Waals surface area contributed by atoms with Gasteiger partial charge in [0.15, 0.2) is 88.7 Å². The largest absolute Gasteiger partial charge is 0.252 e. The molecule has 0 aliphatic rings. The molecule has 59 heavy (non-hydrogen) atoms. The Labute approximate surface area is 319 Å². The number of nitrogens with zero attached hydrogens (tertiary/aromatic N) is 2. The van der Waals surface area contributed by atoms with Crippen LogP contribution < -0.4 is 26.4 Å². The summed E-state index contributed by atoms with van der Waals surface area (Å²) in [6.07, 6.45) is 0.183.